The lowest BCUT2D eigenvalue weighted by Crippen LogP contribution is -2.29. The van der Waals surface area contributed by atoms with E-state index in [0.29, 0.717) is 28.9 Å². The van der Waals surface area contributed by atoms with Crippen molar-refractivity contribution in [2.45, 2.75) is 26.4 Å². The Kier molecular flexibility index (Phi) is 4.74. The van der Waals surface area contributed by atoms with Crippen molar-refractivity contribution >= 4 is 16.9 Å². The summed E-state index contributed by atoms with van der Waals surface area (Å²) in [5, 5.41) is 10.6. The number of ether oxygens (including phenoxy) is 1. The number of rotatable bonds is 5. The maximum atomic E-state index is 13.6. The van der Waals surface area contributed by atoms with Crippen LogP contribution >= 0.6 is 0 Å². The van der Waals surface area contributed by atoms with Gasteiger partial charge in [-0.05, 0) is 55.8 Å². The summed E-state index contributed by atoms with van der Waals surface area (Å²) in [6, 6.07) is 12.9. The molecule has 7 heteroatoms. The van der Waals surface area contributed by atoms with Crippen molar-refractivity contribution in [3.63, 3.8) is 0 Å². The molecule has 1 atom stereocenters. The molecule has 1 N–H and O–H groups in total. The summed E-state index contributed by atoms with van der Waals surface area (Å²) in [5.41, 5.74) is 1.93. The van der Waals surface area contributed by atoms with Crippen LogP contribution in [0.3, 0.4) is 0 Å². The Hall–Kier alpha value is -4.00. The molecule has 5 rings (SSSR count). The molecule has 162 valence electrons. The van der Waals surface area contributed by atoms with Crippen molar-refractivity contribution < 1.29 is 23.5 Å². The van der Waals surface area contributed by atoms with Gasteiger partial charge < -0.3 is 23.6 Å². The zero-order valence-electron chi connectivity index (χ0n) is 17.6. The van der Waals surface area contributed by atoms with Gasteiger partial charge in [0, 0.05) is 0 Å². The highest BCUT2D eigenvalue weighted by atomic mass is 16.5. The lowest BCUT2D eigenvalue weighted by molar-refractivity contribution is 0.0701. The molecule has 7 nitrogen and oxygen atoms in total. The van der Waals surface area contributed by atoms with E-state index in [1.807, 2.05) is 19.9 Å². The summed E-state index contributed by atoms with van der Waals surface area (Å²) in [7, 11) is 0. The number of hydrogen-bond acceptors (Lipinski definition) is 6. The fraction of sp³-hybridized carbons (Fsp3) is 0.200. The number of aryl methyl sites for hydroxylation is 1. The summed E-state index contributed by atoms with van der Waals surface area (Å²) < 4.78 is 17.0. The molecule has 2 aromatic carbocycles. The van der Waals surface area contributed by atoms with Crippen LogP contribution < -0.4 is 10.2 Å². The first-order valence-corrected chi connectivity index (χ1v) is 10.3. The van der Waals surface area contributed by atoms with Crippen LogP contribution in [0.2, 0.25) is 0 Å². The smallest absolute Gasteiger partial charge is 0.291 e. The van der Waals surface area contributed by atoms with Gasteiger partial charge in [-0.3, -0.25) is 9.59 Å². The van der Waals surface area contributed by atoms with Gasteiger partial charge in [0.05, 0.1) is 36.4 Å². The van der Waals surface area contributed by atoms with E-state index < -0.39 is 11.9 Å². The average Bonchev–Trinajstić information content (AvgIpc) is 3.38. The quantitative estimate of drug-likeness (QED) is 0.499. The van der Waals surface area contributed by atoms with E-state index in [1.54, 1.807) is 41.3 Å². The number of amides is 1. The van der Waals surface area contributed by atoms with Crippen molar-refractivity contribution in [1.29, 1.82) is 0 Å². The fourth-order valence-electron chi connectivity index (χ4n) is 4.19. The zero-order chi connectivity index (χ0) is 22.4. The number of carbonyl (C=O) groups excluding carboxylic acids is 1. The summed E-state index contributed by atoms with van der Waals surface area (Å²) in [4.78, 5) is 28.5. The molecule has 0 saturated heterocycles. The summed E-state index contributed by atoms with van der Waals surface area (Å²) in [6.07, 6.45) is 1.53. The van der Waals surface area contributed by atoms with Crippen molar-refractivity contribution in [1.82, 2.24) is 4.90 Å². The Labute approximate surface area is 183 Å². The highest BCUT2D eigenvalue weighted by Gasteiger charge is 2.43. The van der Waals surface area contributed by atoms with Crippen LogP contribution in [0.4, 0.5) is 0 Å². The van der Waals surface area contributed by atoms with Crippen LogP contribution in [0.5, 0.6) is 11.5 Å². The predicted octanol–water partition coefficient (Wildman–Crippen LogP) is 4.54. The van der Waals surface area contributed by atoms with E-state index >= 15 is 0 Å². The lowest BCUT2D eigenvalue weighted by Gasteiger charge is -2.24. The van der Waals surface area contributed by atoms with E-state index in [1.165, 1.54) is 12.3 Å². The van der Waals surface area contributed by atoms with Crippen molar-refractivity contribution in [2.24, 2.45) is 0 Å². The second-order valence-corrected chi connectivity index (χ2v) is 7.75. The number of benzene rings is 2. The molecule has 1 amide bonds. The molecule has 32 heavy (non-hydrogen) atoms. The molecule has 0 bridgehead atoms. The third-order valence-electron chi connectivity index (χ3n) is 5.63. The molecular formula is C25H21NO6. The molecule has 0 fully saturated rings. The first kappa shape index (κ1) is 19.9. The Morgan fingerprint density at radius 3 is 2.72 bits per heavy atom. The maximum Gasteiger partial charge on any atom is 0.291 e. The number of furan rings is 1. The molecule has 1 unspecified atom stereocenters. The van der Waals surface area contributed by atoms with Gasteiger partial charge in [0.1, 0.15) is 11.3 Å². The minimum absolute atomic E-state index is 0.0149. The maximum absolute atomic E-state index is 13.6. The Morgan fingerprint density at radius 2 is 1.97 bits per heavy atom. The van der Waals surface area contributed by atoms with E-state index in [4.69, 9.17) is 13.6 Å². The molecular weight excluding hydrogens is 410 g/mol. The third-order valence-corrected chi connectivity index (χ3v) is 5.63. The monoisotopic (exact) mass is 431 g/mol. The van der Waals surface area contributed by atoms with Crippen LogP contribution in [-0.2, 0) is 6.54 Å². The fourth-order valence-corrected chi connectivity index (χ4v) is 4.19. The van der Waals surface area contributed by atoms with Gasteiger partial charge in [-0.15, -0.1) is 0 Å². The van der Waals surface area contributed by atoms with Crippen LogP contribution in [0, 0.1) is 6.92 Å². The Morgan fingerprint density at radius 1 is 1.12 bits per heavy atom. The van der Waals surface area contributed by atoms with Crippen molar-refractivity contribution in [2.75, 3.05) is 6.61 Å². The minimum atomic E-state index is -0.719. The van der Waals surface area contributed by atoms with E-state index in [9.17, 15) is 14.7 Å². The van der Waals surface area contributed by atoms with Crippen molar-refractivity contribution in [3.8, 4) is 11.5 Å². The molecule has 2 aromatic heterocycles. The summed E-state index contributed by atoms with van der Waals surface area (Å²) in [5.74, 6) is 0.470. The van der Waals surface area contributed by atoms with Gasteiger partial charge in [-0.25, -0.2) is 0 Å². The van der Waals surface area contributed by atoms with Crippen LogP contribution in [0.25, 0.3) is 11.0 Å². The lowest BCUT2D eigenvalue weighted by atomic mass is 9.97. The summed E-state index contributed by atoms with van der Waals surface area (Å²) >= 11 is 0. The second-order valence-electron chi connectivity index (χ2n) is 7.75. The van der Waals surface area contributed by atoms with Crippen LogP contribution in [-0.4, -0.2) is 22.5 Å². The highest BCUT2D eigenvalue weighted by molar-refractivity contribution is 5.99. The molecule has 4 aromatic rings. The first-order valence-electron chi connectivity index (χ1n) is 10.3. The number of nitrogens with zero attached hydrogens (tertiary/aromatic N) is 1. The topological polar surface area (TPSA) is 93.1 Å². The largest absolute Gasteiger partial charge is 0.504 e. The molecule has 1 aliphatic heterocycles. The number of carbonyl (C=O) groups is 1. The van der Waals surface area contributed by atoms with Crippen LogP contribution in [0.15, 0.2) is 68.4 Å². The highest BCUT2D eigenvalue weighted by Crippen LogP contribution is 2.41. The van der Waals surface area contributed by atoms with Gasteiger partial charge in [0.25, 0.3) is 5.91 Å². The van der Waals surface area contributed by atoms with Gasteiger partial charge in [-0.1, -0.05) is 17.7 Å². The molecule has 1 aliphatic rings. The van der Waals surface area contributed by atoms with Crippen LogP contribution in [0.1, 0.15) is 46.0 Å². The first-order chi connectivity index (χ1) is 15.5. The van der Waals surface area contributed by atoms with E-state index in [-0.39, 0.29) is 34.8 Å². The molecule has 0 aliphatic carbocycles. The van der Waals surface area contributed by atoms with Gasteiger partial charge in [0.15, 0.2) is 16.9 Å². The normalized spacial score (nSPS) is 15.4. The van der Waals surface area contributed by atoms with Crippen molar-refractivity contribution in [3.05, 3.63) is 93.2 Å². The van der Waals surface area contributed by atoms with Gasteiger partial charge in [-0.2, -0.15) is 0 Å². The minimum Gasteiger partial charge on any atom is -0.504 e. The Bertz CT molecular complexity index is 1390. The third kappa shape index (κ3) is 3.13. The molecule has 0 spiro atoms. The van der Waals surface area contributed by atoms with E-state index in [2.05, 4.69) is 0 Å². The number of phenolic OH excluding ortho intramolecular Hbond substituents is 1. The number of fused-ring (bicyclic) bond motifs is 2. The van der Waals surface area contributed by atoms with Gasteiger partial charge >= 0.3 is 0 Å². The molecule has 0 radical (unpaired) electrons. The molecule has 0 saturated carbocycles. The SMILES string of the molecule is CCOc1cc(C2c3c(oc4ccc(C)cc4c3=O)C(=O)N2Cc2ccco2)ccc1O. The van der Waals surface area contributed by atoms with Gasteiger partial charge in [0.2, 0.25) is 5.76 Å². The number of aromatic hydroxyl groups is 1. The Balaban J connectivity index is 1.74. The standard InChI is InChI=1S/C25H21NO6/c1-3-30-20-12-15(7-8-18(20)27)22-21-23(28)17-11-14(2)6-9-19(17)32-24(21)25(29)26(22)13-16-5-4-10-31-16/h4-12,22,27H,3,13H2,1-2H3. The average molecular weight is 431 g/mol. The predicted molar refractivity (Wildman–Crippen MR) is 117 cm³/mol. The summed E-state index contributed by atoms with van der Waals surface area (Å²) in [6.45, 7) is 4.22. The number of phenols is 1. The second kappa shape index (κ2) is 7.60. The number of hydrogen-bond donors (Lipinski definition) is 1. The zero-order valence-corrected chi connectivity index (χ0v) is 17.6. The van der Waals surface area contributed by atoms with E-state index in [0.717, 1.165) is 5.56 Å². The molecule has 3 heterocycles.